The number of thiazole rings is 1. The van der Waals surface area contributed by atoms with Crippen molar-refractivity contribution < 1.29 is 0 Å². The summed E-state index contributed by atoms with van der Waals surface area (Å²) in [6.07, 6.45) is 8.68. The molecule has 0 aromatic carbocycles. The Hall–Kier alpha value is -0.370. The number of aryl methyl sites for hydroxylation is 2. The number of unbranched alkanes of at least 4 members (excludes halogenated alkanes) is 5. The molecule has 0 unspecified atom stereocenters. The Morgan fingerprint density at radius 2 is 1.86 bits per heavy atom. The Morgan fingerprint density at radius 1 is 1.18 bits per heavy atom. The minimum Gasteiger partial charge on any atom is -0.370 e. The zero-order valence-electron chi connectivity index (χ0n) is 14.2. The third-order valence-corrected chi connectivity index (χ3v) is 4.58. The van der Waals surface area contributed by atoms with Crippen molar-refractivity contribution in [3.63, 3.8) is 0 Å². The second kappa shape index (κ2) is 13.1. The van der Waals surface area contributed by atoms with Gasteiger partial charge in [0.1, 0.15) is 0 Å². The zero-order valence-corrected chi connectivity index (χ0v) is 17.3. The van der Waals surface area contributed by atoms with E-state index in [-0.39, 0.29) is 24.0 Å². The molecule has 0 saturated heterocycles. The smallest absolute Gasteiger partial charge is 0.188 e. The van der Waals surface area contributed by atoms with Gasteiger partial charge >= 0.3 is 0 Å². The predicted molar refractivity (Wildman–Crippen MR) is 109 cm³/mol. The molecule has 1 rings (SSSR count). The van der Waals surface area contributed by atoms with Crippen molar-refractivity contribution in [2.45, 2.75) is 65.7 Å². The number of halogens is 1. The van der Waals surface area contributed by atoms with Crippen LogP contribution in [0.5, 0.6) is 0 Å². The molecule has 0 spiro atoms. The molecule has 0 aliphatic heterocycles. The standard InChI is InChI=1S/C16H30N4S.HI/c1-4-5-6-7-8-9-11-18-16(17)19-12-10-15-13(2)20-14(3)21-15;/h4-12H2,1-3H3,(H3,17,18,19);1H. The van der Waals surface area contributed by atoms with Crippen LogP contribution in [-0.4, -0.2) is 24.0 Å². The summed E-state index contributed by atoms with van der Waals surface area (Å²) in [5, 5.41) is 4.32. The number of aliphatic imine (C=N–C) groups is 1. The summed E-state index contributed by atoms with van der Waals surface area (Å²) >= 11 is 1.77. The second-order valence-corrected chi connectivity index (χ2v) is 6.74. The molecule has 6 heteroatoms. The molecule has 1 heterocycles. The molecule has 0 radical (unpaired) electrons. The van der Waals surface area contributed by atoms with Gasteiger partial charge in [0.25, 0.3) is 0 Å². The Kier molecular flexibility index (Phi) is 12.9. The van der Waals surface area contributed by atoms with Gasteiger partial charge in [0.05, 0.1) is 10.7 Å². The van der Waals surface area contributed by atoms with E-state index in [2.05, 4.69) is 29.1 Å². The maximum absolute atomic E-state index is 5.87. The van der Waals surface area contributed by atoms with Crippen LogP contribution in [-0.2, 0) is 6.42 Å². The molecule has 0 aliphatic rings. The van der Waals surface area contributed by atoms with Crippen LogP contribution in [0.3, 0.4) is 0 Å². The molecule has 0 fully saturated rings. The average Bonchev–Trinajstić information content (AvgIpc) is 2.76. The lowest BCUT2D eigenvalue weighted by atomic mass is 10.1. The fraction of sp³-hybridized carbons (Fsp3) is 0.750. The summed E-state index contributed by atoms with van der Waals surface area (Å²) in [6, 6.07) is 0. The minimum absolute atomic E-state index is 0. The number of guanidine groups is 1. The van der Waals surface area contributed by atoms with Crippen molar-refractivity contribution in [3.05, 3.63) is 15.6 Å². The maximum Gasteiger partial charge on any atom is 0.188 e. The fourth-order valence-corrected chi connectivity index (χ4v) is 3.19. The van der Waals surface area contributed by atoms with Gasteiger partial charge in [-0.25, -0.2) is 4.98 Å². The summed E-state index contributed by atoms with van der Waals surface area (Å²) in [7, 11) is 0. The highest BCUT2D eigenvalue weighted by Gasteiger charge is 2.04. The third kappa shape index (κ3) is 9.61. The van der Waals surface area contributed by atoms with Gasteiger partial charge < -0.3 is 11.1 Å². The molecule has 3 N–H and O–H groups in total. The van der Waals surface area contributed by atoms with Crippen molar-refractivity contribution >= 4 is 41.3 Å². The zero-order chi connectivity index (χ0) is 15.5. The predicted octanol–water partition coefficient (Wildman–Crippen LogP) is 4.19. The van der Waals surface area contributed by atoms with Crippen molar-refractivity contribution in [2.75, 3.05) is 13.1 Å². The van der Waals surface area contributed by atoms with Crippen LogP contribution < -0.4 is 11.1 Å². The van der Waals surface area contributed by atoms with Crippen LogP contribution in [0.4, 0.5) is 0 Å². The number of hydrogen-bond acceptors (Lipinski definition) is 3. The number of aromatic nitrogens is 1. The Bertz CT molecular complexity index is 432. The molecule has 1 aromatic rings. The molecule has 0 aliphatic carbocycles. The molecule has 22 heavy (non-hydrogen) atoms. The maximum atomic E-state index is 5.87. The molecule has 1 aromatic heterocycles. The summed E-state index contributed by atoms with van der Waals surface area (Å²) < 4.78 is 0. The van der Waals surface area contributed by atoms with E-state index >= 15 is 0 Å². The van der Waals surface area contributed by atoms with E-state index in [4.69, 9.17) is 5.73 Å². The van der Waals surface area contributed by atoms with E-state index in [1.807, 2.05) is 6.92 Å². The first-order chi connectivity index (χ1) is 10.1. The van der Waals surface area contributed by atoms with Gasteiger partial charge in [0.2, 0.25) is 0 Å². The Morgan fingerprint density at radius 3 is 2.50 bits per heavy atom. The van der Waals surface area contributed by atoms with Crippen LogP contribution in [0.25, 0.3) is 0 Å². The highest BCUT2D eigenvalue weighted by atomic mass is 127. The number of rotatable bonds is 10. The number of nitrogens with two attached hydrogens (primary N) is 1. The largest absolute Gasteiger partial charge is 0.370 e. The van der Waals surface area contributed by atoms with Crippen LogP contribution >= 0.6 is 35.3 Å². The molecule has 128 valence electrons. The van der Waals surface area contributed by atoms with Crippen molar-refractivity contribution in [3.8, 4) is 0 Å². The molecular weight excluding hydrogens is 407 g/mol. The summed E-state index contributed by atoms with van der Waals surface area (Å²) in [4.78, 5) is 10.1. The minimum atomic E-state index is 0. The van der Waals surface area contributed by atoms with Crippen LogP contribution in [0.1, 0.15) is 61.0 Å². The molecular formula is C16H31IN4S. The summed E-state index contributed by atoms with van der Waals surface area (Å²) in [6.45, 7) is 8.02. The van der Waals surface area contributed by atoms with E-state index in [1.54, 1.807) is 11.3 Å². The summed E-state index contributed by atoms with van der Waals surface area (Å²) in [5.41, 5.74) is 7.01. The highest BCUT2D eigenvalue weighted by Crippen LogP contribution is 2.16. The second-order valence-electron chi connectivity index (χ2n) is 5.45. The first-order valence-electron chi connectivity index (χ1n) is 8.10. The van der Waals surface area contributed by atoms with Gasteiger partial charge in [0.15, 0.2) is 5.96 Å². The molecule has 0 amide bonds. The quantitative estimate of drug-likeness (QED) is 0.249. The number of hydrogen-bond donors (Lipinski definition) is 2. The average molecular weight is 438 g/mol. The molecule has 0 bridgehead atoms. The van der Waals surface area contributed by atoms with Gasteiger partial charge in [-0.05, 0) is 20.3 Å². The first kappa shape index (κ1) is 21.6. The lowest BCUT2D eigenvalue weighted by molar-refractivity contribution is 0.611. The number of nitrogens with zero attached hydrogens (tertiary/aromatic N) is 2. The number of nitrogens with one attached hydrogen (secondary N) is 1. The van der Waals surface area contributed by atoms with E-state index in [9.17, 15) is 0 Å². The van der Waals surface area contributed by atoms with E-state index in [0.29, 0.717) is 5.96 Å². The normalized spacial score (nSPS) is 11.3. The third-order valence-electron chi connectivity index (χ3n) is 3.45. The first-order valence-corrected chi connectivity index (χ1v) is 8.91. The van der Waals surface area contributed by atoms with Gasteiger partial charge in [0, 0.05) is 24.4 Å². The Labute approximate surface area is 156 Å². The van der Waals surface area contributed by atoms with E-state index in [0.717, 1.165) is 36.6 Å². The van der Waals surface area contributed by atoms with Gasteiger partial charge in [-0.15, -0.1) is 35.3 Å². The SMILES string of the molecule is CCCCCCCCN=C(N)NCCc1sc(C)nc1C.I. The topological polar surface area (TPSA) is 63.3 Å². The van der Waals surface area contributed by atoms with Crippen LogP contribution in [0, 0.1) is 13.8 Å². The van der Waals surface area contributed by atoms with Crippen molar-refractivity contribution in [1.82, 2.24) is 10.3 Å². The monoisotopic (exact) mass is 438 g/mol. The molecule has 4 nitrogen and oxygen atoms in total. The van der Waals surface area contributed by atoms with Gasteiger partial charge in [-0.1, -0.05) is 39.0 Å². The molecule has 0 saturated carbocycles. The van der Waals surface area contributed by atoms with Crippen molar-refractivity contribution in [2.24, 2.45) is 10.7 Å². The van der Waals surface area contributed by atoms with E-state index in [1.165, 1.54) is 37.0 Å². The van der Waals surface area contributed by atoms with Gasteiger partial charge in [-0.2, -0.15) is 0 Å². The summed E-state index contributed by atoms with van der Waals surface area (Å²) in [5.74, 6) is 0.572. The lowest BCUT2D eigenvalue weighted by Crippen LogP contribution is -2.33. The highest BCUT2D eigenvalue weighted by molar-refractivity contribution is 14.0. The van der Waals surface area contributed by atoms with Crippen molar-refractivity contribution in [1.29, 1.82) is 0 Å². The van der Waals surface area contributed by atoms with Crippen LogP contribution in [0.15, 0.2) is 4.99 Å². The molecule has 0 atom stereocenters. The Balaban J connectivity index is 0.00000441. The van der Waals surface area contributed by atoms with Gasteiger partial charge in [-0.3, -0.25) is 4.99 Å². The fourth-order valence-electron chi connectivity index (χ4n) is 2.26. The lowest BCUT2D eigenvalue weighted by Gasteiger charge is -2.05. The van der Waals surface area contributed by atoms with Crippen LogP contribution in [0.2, 0.25) is 0 Å². The van der Waals surface area contributed by atoms with E-state index < -0.39 is 0 Å².